The molecule has 0 unspecified atom stereocenters. The summed E-state index contributed by atoms with van der Waals surface area (Å²) in [6.45, 7) is 4.54. The summed E-state index contributed by atoms with van der Waals surface area (Å²) in [6, 6.07) is 9.15. The van der Waals surface area contributed by atoms with E-state index in [0.717, 1.165) is 50.9 Å². The highest BCUT2D eigenvalue weighted by Crippen LogP contribution is 2.23. The van der Waals surface area contributed by atoms with E-state index in [4.69, 9.17) is 34.8 Å². The van der Waals surface area contributed by atoms with Gasteiger partial charge in [-0.15, -0.1) is 0 Å². The number of carbonyl (C=O) groups is 2. The van der Waals surface area contributed by atoms with Gasteiger partial charge in [-0.2, -0.15) is 0 Å². The highest BCUT2D eigenvalue weighted by atomic mass is 35.5. The number of nitrogens with zero attached hydrogens (tertiary/aromatic N) is 2. The average Bonchev–Trinajstić information content (AvgIpc) is 2.86. The molecular weight excluding hydrogens is 526 g/mol. The Morgan fingerprint density at radius 1 is 0.889 bits per heavy atom. The van der Waals surface area contributed by atoms with Crippen molar-refractivity contribution in [1.82, 2.24) is 15.1 Å². The van der Waals surface area contributed by atoms with Crippen LogP contribution < -0.4 is 10.6 Å². The van der Waals surface area contributed by atoms with Crippen LogP contribution in [-0.2, 0) is 4.79 Å². The van der Waals surface area contributed by atoms with E-state index in [1.54, 1.807) is 29.2 Å². The summed E-state index contributed by atoms with van der Waals surface area (Å²) in [7, 11) is 0. The Kier molecular flexibility index (Phi) is 11.3. The van der Waals surface area contributed by atoms with Gasteiger partial charge >= 0.3 is 6.03 Å². The molecule has 0 spiro atoms. The first kappa shape index (κ1) is 28.3. The molecule has 2 N–H and O–H groups in total. The fraction of sp³-hybridized carbons (Fsp3) is 0.385. The van der Waals surface area contributed by atoms with Crippen molar-refractivity contribution in [1.29, 1.82) is 0 Å². The number of carbonyl (C=O) groups excluding carboxylic acids is 2. The Morgan fingerprint density at radius 3 is 2.36 bits per heavy atom. The van der Waals surface area contributed by atoms with Crippen LogP contribution in [0.5, 0.6) is 0 Å². The van der Waals surface area contributed by atoms with Gasteiger partial charge in [-0.25, -0.2) is 9.18 Å². The van der Waals surface area contributed by atoms with Crippen molar-refractivity contribution in [3.8, 4) is 0 Å². The third kappa shape index (κ3) is 9.28. The van der Waals surface area contributed by atoms with Crippen molar-refractivity contribution < 1.29 is 14.0 Å². The summed E-state index contributed by atoms with van der Waals surface area (Å²) in [5.41, 5.74) is 1.30. The number of halogens is 4. The van der Waals surface area contributed by atoms with Crippen molar-refractivity contribution in [3.05, 3.63) is 68.9 Å². The number of benzene rings is 2. The van der Waals surface area contributed by atoms with Gasteiger partial charge < -0.3 is 15.5 Å². The van der Waals surface area contributed by atoms with Crippen LogP contribution in [-0.4, -0.2) is 61.0 Å². The van der Waals surface area contributed by atoms with E-state index in [-0.39, 0.29) is 17.0 Å². The van der Waals surface area contributed by atoms with Crippen molar-refractivity contribution >= 4 is 58.5 Å². The van der Waals surface area contributed by atoms with Crippen molar-refractivity contribution in [2.45, 2.75) is 25.7 Å². The van der Waals surface area contributed by atoms with Crippen molar-refractivity contribution in [3.63, 3.8) is 0 Å². The van der Waals surface area contributed by atoms with Crippen molar-refractivity contribution in [2.24, 2.45) is 0 Å². The van der Waals surface area contributed by atoms with E-state index in [1.807, 2.05) is 0 Å². The van der Waals surface area contributed by atoms with E-state index in [0.29, 0.717) is 35.4 Å². The second-order valence-electron chi connectivity index (χ2n) is 8.60. The summed E-state index contributed by atoms with van der Waals surface area (Å²) >= 11 is 17.6. The van der Waals surface area contributed by atoms with E-state index < -0.39 is 5.82 Å². The lowest BCUT2D eigenvalue weighted by molar-refractivity contribution is -0.116. The molecule has 1 fully saturated rings. The van der Waals surface area contributed by atoms with Gasteiger partial charge in [-0.05, 0) is 61.4 Å². The smallest absolute Gasteiger partial charge is 0.321 e. The van der Waals surface area contributed by atoms with Crippen LogP contribution in [0.3, 0.4) is 0 Å². The number of unbranched alkanes of at least 4 members (excludes halogenated alkanes) is 3. The molecule has 2 aromatic carbocycles. The Balaban J connectivity index is 1.22. The van der Waals surface area contributed by atoms with E-state index in [2.05, 4.69) is 15.5 Å². The molecule has 0 bridgehead atoms. The average molecular weight is 556 g/mol. The number of rotatable bonds is 10. The normalized spacial score (nSPS) is 14.3. The molecule has 0 aliphatic carbocycles. The van der Waals surface area contributed by atoms with Crippen LogP contribution in [0, 0.1) is 5.82 Å². The molecule has 0 saturated carbocycles. The molecule has 36 heavy (non-hydrogen) atoms. The van der Waals surface area contributed by atoms with E-state index in [9.17, 15) is 14.0 Å². The molecule has 1 aliphatic rings. The largest absolute Gasteiger partial charge is 0.353 e. The summed E-state index contributed by atoms with van der Waals surface area (Å²) in [4.78, 5) is 28.5. The molecule has 10 heteroatoms. The van der Waals surface area contributed by atoms with Crippen LogP contribution in [0.1, 0.15) is 31.2 Å². The highest BCUT2D eigenvalue weighted by Gasteiger charge is 2.21. The Bertz CT molecular complexity index is 1080. The van der Waals surface area contributed by atoms with Gasteiger partial charge in [0.15, 0.2) is 0 Å². The van der Waals surface area contributed by atoms with Crippen molar-refractivity contribution in [2.75, 3.05) is 44.6 Å². The van der Waals surface area contributed by atoms with Crippen LogP contribution in [0.25, 0.3) is 6.08 Å². The first-order chi connectivity index (χ1) is 17.3. The summed E-state index contributed by atoms with van der Waals surface area (Å²) < 4.78 is 13.3. The minimum absolute atomic E-state index is 0.0169. The second kappa shape index (κ2) is 14.4. The number of urea groups is 1. The minimum Gasteiger partial charge on any atom is -0.353 e. The van der Waals surface area contributed by atoms with E-state index in [1.165, 1.54) is 24.3 Å². The Hall–Kier alpha value is -2.32. The number of nitrogens with one attached hydrogen (secondary N) is 2. The number of hydrogen-bond donors (Lipinski definition) is 2. The van der Waals surface area contributed by atoms with Gasteiger partial charge in [0, 0.05) is 44.5 Å². The molecule has 6 nitrogen and oxygen atoms in total. The molecule has 194 valence electrons. The maximum atomic E-state index is 13.3. The molecule has 3 rings (SSSR count). The topological polar surface area (TPSA) is 64.7 Å². The maximum absolute atomic E-state index is 13.3. The summed E-state index contributed by atoms with van der Waals surface area (Å²) in [6.07, 6.45) is 7.33. The third-order valence-electron chi connectivity index (χ3n) is 5.90. The zero-order valence-corrected chi connectivity index (χ0v) is 22.2. The molecule has 0 radical (unpaired) electrons. The predicted octanol–water partition coefficient (Wildman–Crippen LogP) is 6.33. The number of amides is 3. The van der Waals surface area contributed by atoms with Crippen LogP contribution in [0.15, 0.2) is 42.5 Å². The standard InChI is InChI=1S/C26H30Cl3FN4O2/c27-21-8-5-19(17-22(21)28)6-10-25(35)31-11-3-1-2-4-12-33-13-15-34(16-14-33)26(36)32-20-7-9-24(30)23(29)18-20/h5-10,17-18H,1-4,11-16H2,(H,31,35)(H,32,36)/b10-6+. The monoisotopic (exact) mass is 554 g/mol. The summed E-state index contributed by atoms with van der Waals surface area (Å²) in [5, 5.41) is 6.59. The lowest BCUT2D eigenvalue weighted by Crippen LogP contribution is -2.50. The Morgan fingerprint density at radius 2 is 1.64 bits per heavy atom. The van der Waals surface area contributed by atoms with Gasteiger partial charge in [0.2, 0.25) is 5.91 Å². The fourth-order valence-electron chi connectivity index (χ4n) is 3.82. The molecule has 0 aromatic heterocycles. The Labute approximate surface area is 226 Å². The molecule has 0 atom stereocenters. The molecule has 1 aliphatic heterocycles. The predicted molar refractivity (Wildman–Crippen MR) is 145 cm³/mol. The molecular formula is C26H30Cl3FN4O2. The minimum atomic E-state index is -0.512. The van der Waals surface area contributed by atoms with E-state index >= 15 is 0 Å². The SMILES string of the molecule is O=C(/C=C/c1ccc(Cl)c(Cl)c1)NCCCCCCN1CCN(C(=O)Nc2ccc(F)c(Cl)c2)CC1. The molecule has 1 saturated heterocycles. The first-order valence-electron chi connectivity index (χ1n) is 12.0. The number of hydrogen-bond acceptors (Lipinski definition) is 3. The quantitative estimate of drug-likeness (QED) is 0.266. The van der Waals surface area contributed by atoms with Gasteiger partial charge in [-0.1, -0.05) is 53.7 Å². The molecule has 1 heterocycles. The number of anilines is 1. The second-order valence-corrected chi connectivity index (χ2v) is 9.82. The van der Waals surface area contributed by atoms with Crippen LogP contribution in [0.2, 0.25) is 15.1 Å². The highest BCUT2D eigenvalue weighted by molar-refractivity contribution is 6.42. The van der Waals surface area contributed by atoms with Gasteiger partial charge in [0.25, 0.3) is 0 Å². The molecule has 3 amide bonds. The maximum Gasteiger partial charge on any atom is 0.321 e. The van der Waals surface area contributed by atoms with Crippen LogP contribution in [0.4, 0.5) is 14.9 Å². The van der Waals surface area contributed by atoms with Gasteiger partial charge in [-0.3, -0.25) is 9.69 Å². The lowest BCUT2D eigenvalue weighted by Gasteiger charge is -2.34. The summed E-state index contributed by atoms with van der Waals surface area (Å²) in [5.74, 6) is -0.646. The van der Waals surface area contributed by atoms with Gasteiger partial charge in [0.05, 0.1) is 15.1 Å². The number of piperazine rings is 1. The van der Waals surface area contributed by atoms with Gasteiger partial charge in [0.1, 0.15) is 5.82 Å². The zero-order valence-electron chi connectivity index (χ0n) is 19.9. The van der Waals surface area contributed by atoms with Crippen LogP contribution >= 0.6 is 34.8 Å². The third-order valence-corrected chi connectivity index (χ3v) is 6.93. The lowest BCUT2D eigenvalue weighted by atomic mass is 10.1. The molecule has 2 aromatic rings. The zero-order chi connectivity index (χ0) is 25.9. The fourth-order valence-corrected chi connectivity index (χ4v) is 4.31. The first-order valence-corrected chi connectivity index (χ1v) is 13.1.